The second-order valence-electron chi connectivity index (χ2n) is 6.30. The van der Waals surface area contributed by atoms with E-state index < -0.39 is 0 Å². The molecule has 0 aliphatic rings. The van der Waals surface area contributed by atoms with Gasteiger partial charge in [-0.2, -0.15) is 0 Å². The van der Waals surface area contributed by atoms with Gasteiger partial charge in [-0.25, -0.2) is 4.98 Å². The number of aromatic nitrogens is 2. The smallest absolute Gasteiger partial charge is 0.257 e. The van der Waals surface area contributed by atoms with Gasteiger partial charge in [0, 0.05) is 28.9 Å². The largest absolute Gasteiger partial charge is 0.493 e. The molecular weight excluding hydrogens is 362 g/mol. The number of carbonyl (C=O) groups excluding carboxylic acids is 1. The first-order valence-corrected chi connectivity index (χ1v) is 9.43. The number of thiazole rings is 1. The van der Waals surface area contributed by atoms with Gasteiger partial charge in [0.1, 0.15) is 0 Å². The molecule has 3 aromatic rings. The van der Waals surface area contributed by atoms with E-state index in [-0.39, 0.29) is 5.91 Å². The fraction of sp³-hybridized carbons (Fsp3) is 0.250. The van der Waals surface area contributed by atoms with E-state index in [0.29, 0.717) is 34.7 Å². The summed E-state index contributed by atoms with van der Waals surface area (Å²) in [5.74, 6) is 1.30. The van der Waals surface area contributed by atoms with Crippen molar-refractivity contribution in [3.05, 3.63) is 53.7 Å². The van der Waals surface area contributed by atoms with Crippen molar-refractivity contribution in [1.29, 1.82) is 0 Å². The maximum atomic E-state index is 12.6. The van der Waals surface area contributed by atoms with Crippen molar-refractivity contribution < 1.29 is 14.3 Å². The summed E-state index contributed by atoms with van der Waals surface area (Å²) in [6.45, 7) is 4.73. The molecule has 140 valence electrons. The van der Waals surface area contributed by atoms with Crippen LogP contribution in [-0.4, -0.2) is 29.6 Å². The highest BCUT2D eigenvalue weighted by atomic mass is 32.1. The highest BCUT2D eigenvalue weighted by Crippen LogP contribution is 2.29. The van der Waals surface area contributed by atoms with Gasteiger partial charge in [0.15, 0.2) is 16.6 Å². The van der Waals surface area contributed by atoms with E-state index in [1.54, 1.807) is 37.7 Å². The molecule has 2 aromatic heterocycles. The Morgan fingerprint density at radius 1 is 1.19 bits per heavy atom. The number of rotatable bonds is 7. The van der Waals surface area contributed by atoms with E-state index in [0.717, 1.165) is 11.3 Å². The number of hydrogen-bond acceptors (Lipinski definition) is 6. The molecule has 1 amide bonds. The SMILES string of the molecule is COc1cc(C(=O)Nc2nc(-c3ccncc3)cs2)ccc1OCC(C)C. The van der Waals surface area contributed by atoms with Gasteiger partial charge in [-0.1, -0.05) is 13.8 Å². The molecule has 0 saturated carbocycles. The number of hydrogen-bond donors (Lipinski definition) is 1. The average molecular weight is 383 g/mol. The quantitative estimate of drug-likeness (QED) is 0.650. The topological polar surface area (TPSA) is 73.3 Å². The van der Waals surface area contributed by atoms with Gasteiger partial charge in [-0.05, 0) is 36.2 Å². The predicted molar refractivity (Wildman–Crippen MR) is 107 cm³/mol. The molecule has 0 aliphatic heterocycles. The van der Waals surface area contributed by atoms with Crippen LogP contribution in [-0.2, 0) is 0 Å². The molecule has 0 aliphatic carbocycles. The van der Waals surface area contributed by atoms with Gasteiger partial charge in [-0.3, -0.25) is 15.1 Å². The lowest BCUT2D eigenvalue weighted by Gasteiger charge is -2.13. The van der Waals surface area contributed by atoms with Crippen molar-refractivity contribution >= 4 is 22.4 Å². The monoisotopic (exact) mass is 383 g/mol. The summed E-state index contributed by atoms with van der Waals surface area (Å²) in [6.07, 6.45) is 3.42. The molecule has 0 spiro atoms. The van der Waals surface area contributed by atoms with Gasteiger partial charge in [0.2, 0.25) is 0 Å². The summed E-state index contributed by atoms with van der Waals surface area (Å²) in [6, 6.07) is 8.89. The molecule has 1 aromatic carbocycles. The van der Waals surface area contributed by atoms with Crippen molar-refractivity contribution in [2.24, 2.45) is 5.92 Å². The van der Waals surface area contributed by atoms with Gasteiger partial charge in [0.05, 0.1) is 19.4 Å². The average Bonchev–Trinajstić information content (AvgIpc) is 3.15. The Hall–Kier alpha value is -2.93. The number of ether oxygens (including phenoxy) is 2. The van der Waals surface area contributed by atoms with Gasteiger partial charge in [-0.15, -0.1) is 11.3 Å². The Labute approximate surface area is 162 Å². The molecule has 7 heteroatoms. The van der Waals surface area contributed by atoms with Crippen molar-refractivity contribution in [3.8, 4) is 22.8 Å². The summed E-state index contributed by atoms with van der Waals surface area (Å²) in [5.41, 5.74) is 2.23. The number of methoxy groups -OCH3 is 1. The van der Waals surface area contributed by atoms with Crippen molar-refractivity contribution in [1.82, 2.24) is 9.97 Å². The number of anilines is 1. The molecule has 0 fully saturated rings. The molecule has 0 unspecified atom stereocenters. The van der Waals surface area contributed by atoms with Crippen LogP contribution in [0.2, 0.25) is 0 Å². The lowest BCUT2D eigenvalue weighted by molar-refractivity contribution is 0.102. The molecule has 1 N–H and O–H groups in total. The zero-order chi connectivity index (χ0) is 19.2. The maximum absolute atomic E-state index is 12.6. The fourth-order valence-electron chi connectivity index (χ4n) is 2.34. The fourth-order valence-corrected chi connectivity index (χ4v) is 3.05. The number of carbonyl (C=O) groups is 1. The van der Waals surface area contributed by atoms with E-state index in [1.807, 2.05) is 17.5 Å². The van der Waals surface area contributed by atoms with Gasteiger partial charge >= 0.3 is 0 Å². The van der Waals surface area contributed by atoms with E-state index in [9.17, 15) is 4.79 Å². The molecule has 3 rings (SSSR count). The Balaban J connectivity index is 1.72. The summed E-state index contributed by atoms with van der Waals surface area (Å²) in [5, 5.41) is 5.26. The minimum Gasteiger partial charge on any atom is -0.493 e. The number of pyridine rings is 1. The minimum absolute atomic E-state index is 0.251. The van der Waals surface area contributed by atoms with Crippen LogP contribution in [0, 0.1) is 5.92 Å². The molecule has 27 heavy (non-hydrogen) atoms. The van der Waals surface area contributed by atoms with Crippen LogP contribution in [0.25, 0.3) is 11.3 Å². The minimum atomic E-state index is -0.251. The normalized spacial score (nSPS) is 10.7. The number of nitrogens with zero attached hydrogens (tertiary/aromatic N) is 2. The highest BCUT2D eigenvalue weighted by Gasteiger charge is 2.14. The van der Waals surface area contributed by atoms with Crippen LogP contribution in [0.1, 0.15) is 24.2 Å². The molecule has 2 heterocycles. The first kappa shape index (κ1) is 18.8. The second-order valence-corrected chi connectivity index (χ2v) is 7.16. The van der Waals surface area contributed by atoms with Gasteiger partial charge < -0.3 is 9.47 Å². The highest BCUT2D eigenvalue weighted by molar-refractivity contribution is 7.14. The predicted octanol–water partition coefficient (Wildman–Crippen LogP) is 4.50. The van der Waals surface area contributed by atoms with Crippen LogP contribution >= 0.6 is 11.3 Å². The van der Waals surface area contributed by atoms with E-state index in [4.69, 9.17) is 9.47 Å². The Morgan fingerprint density at radius 2 is 1.96 bits per heavy atom. The Kier molecular flexibility index (Phi) is 6.03. The summed E-state index contributed by atoms with van der Waals surface area (Å²) in [4.78, 5) is 21.0. The number of benzene rings is 1. The van der Waals surface area contributed by atoms with E-state index >= 15 is 0 Å². The van der Waals surface area contributed by atoms with Crippen LogP contribution < -0.4 is 14.8 Å². The molecule has 0 radical (unpaired) electrons. The van der Waals surface area contributed by atoms with Crippen molar-refractivity contribution in [2.75, 3.05) is 19.0 Å². The second kappa shape index (κ2) is 8.64. The third kappa shape index (κ3) is 4.83. The Bertz CT molecular complexity index is 910. The Morgan fingerprint density at radius 3 is 2.67 bits per heavy atom. The van der Waals surface area contributed by atoms with Crippen LogP contribution in [0.5, 0.6) is 11.5 Å². The standard InChI is InChI=1S/C20H21N3O3S/c1-13(2)11-26-17-5-4-15(10-18(17)25-3)19(24)23-20-22-16(12-27-20)14-6-8-21-9-7-14/h4-10,12-13H,11H2,1-3H3,(H,22,23,24). The van der Waals surface area contributed by atoms with Crippen molar-refractivity contribution in [3.63, 3.8) is 0 Å². The molecule has 0 bridgehead atoms. The molecule has 0 saturated heterocycles. The van der Waals surface area contributed by atoms with Crippen molar-refractivity contribution in [2.45, 2.75) is 13.8 Å². The zero-order valence-corrected chi connectivity index (χ0v) is 16.2. The summed E-state index contributed by atoms with van der Waals surface area (Å²) >= 11 is 1.37. The summed E-state index contributed by atoms with van der Waals surface area (Å²) in [7, 11) is 1.56. The zero-order valence-electron chi connectivity index (χ0n) is 15.4. The third-order valence-corrected chi connectivity index (χ3v) is 4.46. The maximum Gasteiger partial charge on any atom is 0.257 e. The summed E-state index contributed by atoms with van der Waals surface area (Å²) < 4.78 is 11.1. The van der Waals surface area contributed by atoms with Crippen LogP contribution in [0.15, 0.2) is 48.1 Å². The molecule has 0 atom stereocenters. The number of amides is 1. The number of nitrogens with one attached hydrogen (secondary N) is 1. The first-order chi connectivity index (χ1) is 13.1. The van der Waals surface area contributed by atoms with E-state index in [2.05, 4.69) is 29.1 Å². The van der Waals surface area contributed by atoms with Crippen LogP contribution in [0.4, 0.5) is 5.13 Å². The lowest BCUT2D eigenvalue weighted by Crippen LogP contribution is -2.12. The molecular formula is C20H21N3O3S. The molecule has 6 nitrogen and oxygen atoms in total. The lowest BCUT2D eigenvalue weighted by atomic mass is 10.2. The van der Waals surface area contributed by atoms with Gasteiger partial charge in [0.25, 0.3) is 5.91 Å². The van der Waals surface area contributed by atoms with E-state index in [1.165, 1.54) is 11.3 Å². The van der Waals surface area contributed by atoms with Crippen LogP contribution in [0.3, 0.4) is 0 Å². The third-order valence-electron chi connectivity index (χ3n) is 3.70. The first-order valence-electron chi connectivity index (χ1n) is 8.55.